The minimum absolute atomic E-state index is 0.163. The van der Waals surface area contributed by atoms with Crippen LogP contribution in [0.1, 0.15) is 30.3 Å². The van der Waals surface area contributed by atoms with Gasteiger partial charge in [0, 0.05) is 4.88 Å². The molecule has 0 bridgehead atoms. The molecule has 3 heterocycles. The summed E-state index contributed by atoms with van der Waals surface area (Å²) in [5.41, 5.74) is 1.78. The summed E-state index contributed by atoms with van der Waals surface area (Å²) in [6, 6.07) is 13.1. The highest BCUT2D eigenvalue weighted by molar-refractivity contribution is 7.11. The predicted octanol–water partition coefficient (Wildman–Crippen LogP) is 3.52. The molecular formula is C23H20N2O3S2. The van der Waals surface area contributed by atoms with Gasteiger partial charge in [-0.15, -0.1) is 11.3 Å². The van der Waals surface area contributed by atoms with E-state index in [4.69, 9.17) is 4.74 Å². The van der Waals surface area contributed by atoms with Crippen LogP contribution in [0.5, 0.6) is 0 Å². The lowest BCUT2D eigenvalue weighted by Gasteiger charge is -2.21. The van der Waals surface area contributed by atoms with E-state index < -0.39 is 12.0 Å². The van der Waals surface area contributed by atoms with Crippen molar-refractivity contribution in [3.8, 4) is 0 Å². The number of benzene rings is 1. The summed E-state index contributed by atoms with van der Waals surface area (Å²) in [7, 11) is 0. The number of carbonyl (C=O) groups excluding carboxylic acids is 1. The smallest absolute Gasteiger partial charge is 0.338 e. The van der Waals surface area contributed by atoms with E-state index in [1.54, 1.807) is 29.8 Å². The molecule has 0 spiro atoms. The average molecular weight is 437 g/mol. The van der Waals surface area contributed by atoms with Gasteiger partial charge in [-0.2, -0.15) is 0 Å². The molecule has 1 aliphatic heterocycles. The topological polar surface area (TPSA) is 60.7 Å². The first kappa shape index (κ1) is 20.3. The van der Waals surface area contributed by atoms with Crippen molar-refractivity contribution in [2.75, 3.05) is 6.61 Å². The predicted molar refractivity (Wildman–Crippen MR) is 121 cm³/mol. The van der Waals surface area contributed by atoms with Crippen LogP contribution in [0.15, 0.2) is 75.0 Å². The van der Waals surface area contributed by atoms with Crippen LogP contribution in [0.3, 0.4) is 0 Å². The summed E-state index contributed by atoms with van der Waals surface area (Å²) < 4.78 is 7.45. The molecular weight excluding hydrogens is 416 g/mol. The van der Waals surface area contributed by atoms with Crippen LogP contribution in [-0.2, 0) is 9.53 Å². The van der Waals surface area contributed by atoms with Crippen molar-refractivity contribution >= 4 is 40.8 Å². The number of fused-ring (bicyclic) bond motifs is 1. The molecule has 1 atom stereocenters. The average Bonchev–Trinajstić information content (AvgIpc) is 3.35. The van der Waals surface area contributed by atoms with E-state index in [0.717, 1.165) is 10.4 Å². The van der Waals surface area contributed by atoms with Crippen LogP contribution in [0.25, 0.3) is 12.2 Å². The normalized spacial score (nSPS) is 16.6. The largest absolute Gasteiger partial charge is 0.463 e. The van der Waals surface area contributed by atoms with Gasteiger partial charge < -0.3 is 4.74 Å². The Labute approximate surface area is 181 Å². The number of hydrogen-bond donors (Lipinski definition) is 0. The first-order chi connectivity index (χ1) is 14.6. The van der Waals surface area contributed by atoms with Crippen molar-refractivity contribution in [2.45, 2.75) is 19.9 Å². The molecule has 7 heteroatoms. The quantitative estimate of drug-likeness (QED) is 0.575. The van der Waals surface area contributed by atoms with Crippen LogP contribution in [-0.4, -0.2) is 17.1 Å². The fourth-order valence-electron chi connectivity index (χ4n) is 3.29. The van der Waals surface area contributed by atoms with Gasteiger partial charge in [-0.25, -0.2) is 9.79 Å². The van der Waals surface area contributed by atoms with E-state index in [0.29, 0.717) is 20.6 Å². The number of allylic oxidation sites excluding steroid dienone is 2. The number of esters is 1. The highest BCUT2D eigenvalue weighted by Gasteiger charge is 2.30. The second-order valence-corrected chi connectivity index (χ2v) is 8.62. The van der Waals surface area contributed by atoms with E-state index >= 15 is 0 Å². The lowest BCUT2D eigenvalue weighted by Crippen LogP contribution is -2.38. The zero-order valence-electron chi connectivity index (χ0n) is 16.6. The maximum absolute atomic E-state index is 13.3. The zero-order valence-corrected chi connectivity index (χ0v) is 18.2. The number of thiazole rings is 1. The van der Waals surface area contributed by atoms with Gasteiger partial charge in [0.15, 0.2) is 4.80 Å². The molecule has 4 rings (SSSR count). The lowest BCUT2D eigenvalue weighted by atomic mass is 10.0. The maximum Gasteiger partial charge on any atom is 0.338 e. The first-order valence-corrected chi connectivity index (χ1v) is 11.2. The molecule has 30 heavy (non-hydrogen) atoms. The van der Waals surface area contributed by atoms with Crippen LogP contribution in [0.4, 0.5) is 0 Å². The number of thiophene rings is 1. The Morgan fingerprint density at radius 2 is 2.03 bits per heavy atom. The molecule has 5 nitrogen and oxygen atoms in total. The summed E-state index contributed by atoms with van der Waals surface area (Å²) in [6.45, 7) is 3.80. The summed E-state index contributed by atoms with van der Waals surface area (Å²) in [6.07, 6.45) is 5.65. The Morgan fingerprint density at radius 1 is 1.23 bits per heavy atom. The number of carbonyl (C=O) groups is 1. The SMILES string of the molecule is CCOC(=O)C1=C(C)N=c2s/c(=C/c3cccs3)c(=O)n2C1/C=C/c1ccccc1. The molecule has 2 aromatic heterocycles. The van der Waals surface area contributed by atoms with Gasteiger partial charge in [-0.1, -0.05) is 59.9 Å². The third-order valence-corrected chi connectivity index (χ3v) is 6.45. The van der Waals surface area contributed by atoms with Gasteiger partial charge in [-0.3, -0.25) is 9.36 Å². The van der Waals surface area contributed by atoms with Gasteiger partial charge in [0.25, 0.3) is 5.56 Å². The molecule has 0 radical (unpaired) electrons. The van der Waals surface area contributed by atoms with Crippen LogP contribution in [0.2, 0.25) is 0 Å². The molecule has 0 aliphatic carbocycles. The minimum atomic E-state index is -0.578. The van der Waals surface area contributed by atoms with Crippen molar-refractivity contribution < 1.29 is 9.53 Å². The fourth-order valence-corrected chi connectivity index (χ4v) is 5.06. The number of aromatic nitrogens is 1. The van der Waals surface area contributed by atoms with Crippen molar-refractivity contribution in [1.82, 2.24) is 4.57 Å². The van der Waals surface area contributed by atoms with Crippen molar-refractivity contribution in [1.29, 1.82) is 0 Å². The van der Waals surface area contributed by atoms with Gasteiger partial charge in [0.1, 0.15) is 0 Å². The van der Waals surface area contributed by atoms with Crippen molar-refractivity contribution in [3.63, 3.8) is 0 Å². The number of ether oxygens (including phenoxy) is 1. The molecule has 152 valence electrons. The molecule has 0 fully saturated rings. The monoisotopic (exact) mass is 436 g/mol. The van der Waals surface area contributed by atoms with Crippen molar-refractivity contribution in [2.24, 2.45) is 4.99 Å². The molecule has 0 amide bonds. The van der Waals surface area contributed by atoms with Crippen molar-refractivity contribution in [3.05, 3.63) is 95.3 Å². The number of nitrogens with zero attached hydrogens (tertiary/aromatic N) is 2. The third kappa shape index (κ3) is 3.99. The van der Waals surface area contributed by atoms with Gasteiger partial charge in [-0.05, 0) is 36.9 Å². The maximum atomic E-state index is 13.3. The van der Waals surface area contributed by atoms with Gasteiger partial charge in [0.05, 0.1) is 28.5 Å². The van der Waals surface area contributed by atoms with E-state index in [9.17, 15) is 9.59 Å². The molecule has 0 N–H and O–H groups in total. The highest BCUT2D eigenvalue weighted by atomic mass is 32.1. The lowest BCUT2D eigenvalue weighted by molar-refractivity contribution is -0.139. The molecule has 1 aliphatic rings. The Morgan fingerprint density at radius 3 is 2.73 bits per heavy atom. The van der Waals surface area contributed by atoms with Crippen LogP contribution < -0.4 is 14.9 Å². The number of hydrogen-bond acceptors (Lipinski definition) is 6. The molecule has 0 saturated carbocycles. The second kappa shape index (κ2) is 8.77. The Bertz CT molecular complexity index is 1300. The minimum Gasteiger partial charge on any atom is -0.463 e. The highest BCUT2D eigenvalue weighted by Crippen LogP contribution is 2.26. The first-order valence-electron chi connectivity index (χ1n) is 9.55. The number of rotatable bonds is 5. The molecule has 0 saturated heterocycles. The van der Waals surface area contributed by atoms with Crippen LogP contribution in [0, 0.1) is 0 Å². The summed E-state index contributed by atoms with van der Waals surface area (Å²) in [5.74, 6) is -0.450. The molecule has 3 aromatic rings. The van der Waals surface area contributed by atoms with Crippen LogP contribution >= 0.6 is 22.7 Å². The van der Waals surface area contributed by atoms with E-state index in [1.165, 1.54) is 11.3 Å². The van der Waals surface area contributed by atoms with E-state index in [2.05, 4.69) is 4.99 Å². The standard InChI is InChI=1S/C23H20N2O3S2/c1-3-28-22(27)20-15(2)24-23-25(18(20)12-11-16-8-5-4-6-9-16)21(26)19(30-23)14-17-10-7-13-29-17/h4-14,18H,3H2,1-2H3/b12-11+,19-14+. The Balaban J connectivity index is 1.88. The summed E-state index contributed by atoms with van der Waals surface area (Å²) in [5, 5.41) is 1.97. The second-order valence-electron chi connectivity index (χ2n) is 6.63. The Hall–Kier alpha value is -3.03. The summed E-state index contributed by atoms with van der Waals surface area (Å²) in [4.78, 5) is 32.1. The van der Waals surface area contributed by atoms with Gasteiger partial charge >= 0.3 is 5.97 Å². The zero-order chi connectivity index (χ0) is 21.1. The fraction of sp³-hybridized carbons (Fsp3) is 0.174. The van der Waals surface area contributed by atoms with Gasteiger partial charge in [0.2, 0.25) is 0 Å². The third-order valence-electron chi connectivity index (χ3n) is 4.65. The molecule has 1 aromatic carbocycles. The van der Waals surface area contributed by atoms with E-state index in [1.807, 2.05) is 66.1 Å². The Kier molecular flexibility index (Phi) is 5.92. The summed E-state index contributed by atoms with van der Waals surface area (Å²) >= 11 is 2.90. The van der Waals surface area contributed by atoms with E-state index in [-0.39, 0.29) is 12.2 Å². The molecule has 1 unspecified atom stereocenters.